The Hall–Kier alpha value is -1.71. The fourth-order valence-electron chi connectivity index (χ4n) is 3.21. The molecule has 0 aliphatic carbocycles. The first-order chi connectivity index (χ1) is 11.3. The highest BCUT2D eigenvalue weighted by atomic mass is 32.2. The minimum Gasteiger partial charge on any atom is -0.375 e. The lowest BCUT2D eigenvalue weighted by Gasteiger charge is -2.21. The zero-order chi connectivity index (χ0) is 17.3. The van der Waals surface area contributed by atoms with Gasteiger partial charge in [0.05, 0.1) is 19.0 Å². The van der Waals surface area contributed by atoms with Gasteiger partial charge in [-0.05, 0) is 6.07 Å². The Bertz CT molecular complexity index is 775. The molecule has 8 nitrogen and oxygen atoms in total. The van der Waals surface area contributed by atoms with Crippen LogP contribution in [0.5, 0.6) is 0 Å². The smallest absolute Gasteiger partial charge is 0.250 e. The molecular formula is C15H21N3O5S. The van der Waals surface area contributed by atoms with Crippen LogP contribution in [-0.2, 0) is 26.1 Å². The first kappa shape index (κ1) is 17.1. The van der Waals surface area contributed by atoms with E-state index in [1.165, 1.54) is 21.2 Å². The van der Waals surface area contributed by atoms with Crippen LogP contribution in [0.1, 0.15) is 0 Å². The van der Waals surface area contributed by atoms with Crippen LogP contribution in [0.2, 0.25) is 0 Å². The number of amides is 1. The Kier molecular flexibility index (Phi) is 4.75. The molecule has 0 saturated carbocycles. The summed E-state index contributed by atoms with van der Waals surface area (Å²) in [6.45, 7) is 1.89. The summed E-state index contributed by atoms with van der Waals surface area (Å²) in [7, 11) is -3.28. The lowest BCUT2D eigenvalue weighted by molar-refractivity contribution is -0.131. The van der Waals surface area contributed by atoms with Crippen LogP contribution in [-0.4, -0.2) is 73.2 Å². The molecule has 1 aromatic heterocycles. The van der Waals surface area contributed by atoms with Crippen LogP contribution >= 0.6 is 0 Å². The molecule has 9 heteroatoms. The van der Waals surface area contributed by atoms with Gasteiger partial charge in [-0.3, -0.25) is 9.59 Å². The number of pyridine rings is 1. The average Bonchev–Trinajstić information content (AvgIpc) is 2.80. The van der Waals surface area contributed by atoms with E-state index in [9.17, 15) is 18.0 Å². The van der Waals surface area contributed by atoms with Crippen molar-refractivity contribution in [3.8, 4) is 0 Å². The number of sulfonamides is 1. The van der Waals surface area contributed by atoms with E-state index in [0.29, 0.717) is 32.8 Å². The number of likely N-dealkylation sites (tertiary alicyclic amines) is 1. The number of hydrogen-bond donors (Lipinski definition) is 0. The van der Waals surface area contributed by atoms with Crippen molar-refractivity contribution in [2.24, 2.45) is 5.92 Å². The standard InChI is InChI=1S/C15H21N3O5S/c1-24(21,22)18-6-7-23-13-10-17(8-12(13)9-18)15(20)11-16-5-3-2-4-14(16)19/h2-5,12-13H,6-11H2,1H3/t12-,13-/m1/s1. The SMILES string of the molecule is CS(=O)(=O)N1CCO[C@@H]2CN(C(=O)Cn3ccccc3=O)C[C@@H]2C1. The summed E-state index contributed by atoms with van der Waals surface area (Å²) < 4.78 is 32.1. The van der Waals surface area contributed by atoms with E-state index in [-0.39, 0.29) is 30.0 Å². The molecule has 2 aliphatic heterocycles. The third-order valence-corrected chi connectivity index (χ3v) is 5.79. The van der Waals surface area contributed by atoms with E-state index in [1.54, 1.807) is 23.2 Å². The van der Waals surface area contributed by atoms with Gasteiger partial charge in [-0.25, -0.2) is 8.42 Å². The third kappa shape index (κ3) is 3.68. The zero-order valence-electron chi connectivity index (χ0n) is 13.5. The Labute approximate surface area is 140 Å². The van der Waals surface area contributed by atoms with Gasteiger partial charge in [0.2, 0.25) is 15.9 Å². The quantitative estimate of drug-likeness (QED) is 0.692. The first-order valence-corrected chi connectivity index (χ1v) is 9.69. The molecule has 132 valence electrons. The second-order valence-electron chi connectivity index (χ2n) is 6.26. The molecule has 2 atom stereocenters. The van der Waals surface area contributed by atoms with E-state index >= 15 is 0 Å². The molecule has 0 aromatic carbocycles. The fourth-order valence-corrected chi connectivity index (χ4v) is 4.07. The zero-order valence-corrected chi connectivity index (χ0v) is 14.3. The summed E-state index contributed by atoms with van der Waals surface area (Å²) >= 11 is 0. The molecule has 24 heavy (non-hydrogen) atoms. The average molecular weight is 355 g/mol. The van der Waals surface area contributed by atoms with Gasteiger partial charge < -0.3 is 14.2 Å². The van der Waals surface area contributed by atoms with Crippen molar-refractivity contribution in [3.05, 3.63) is 34.7 Å². The van der Waals surface area contributed by atoms with Crippen LogP contribution in [0.25, 0.3) is 0 Å². The second kappa shape index (κ2) is 6.66. The molecule has 2 fully saturated rings. The Morgan fingerprint density at radius 3 is 2.79 bits per heavy atom. The van der Waals surface area contributed by atoms with Crippen molar-refractivity contribution in [3.63, 3.8) is 0 Å². The van der Waals surface area contributed by atoms with Crippen LogP contribution in [0.15, 0.2) is 29.2 Å². The number of aromatic nitrogens is 1. The molecule has 1 amide bonds. The van der Waals surface area contributed by atoms with E-state index in [1.807, 2.05) is 0 Å². The summed E-state index contributed by atoms with van der Waals surface area (Å²) in [4.78, 5) is 25.8. The number of nitrogens with zero attached hydrogens (tertiary/aromatic N) is 3. The molecule has 0 radical (unpaired) electrons. The van der Waals surface area contributed by atoms with Crippen molar-refractivity contribution >= 4 is 15.9 Å². The third-order valence-electron chi connectivity index (χ3n) is 4.52. The van der Waals surface area contributed by atoms with Gasteiger partial charge in [-0.1, -0.05) is 6.07 Å². The number of rotatable bonds is 3. The monoisotopic (exact) mass is 355 g/mol. The van der Waals surface area contributed by atoms with Gasteiger partial charge in [0.1, 0.15) is 6.54 Å². The largest absolute Gasteiger partial charge is 0.375 e. The first-order valence-electron chi connectivity index (χ1n) is 7.84. The Morgan fingerprint density at radius 1 is 1.29 bits per heavy atom. The molecular weight excluding hydrogens is 334 g/mol. The summed E-state index contributed by atoms with van der Waals surface area (Å²) in [5.41, 5.74) is -0.223. The second-order valence-corrected chi connectivity index (χ2v) is 8.24. The van der Waals surface area contributed by atoms with Crippen LogP contribution in [0.4, 0.5) is 0 Å². The topological polar surface area (TPSA) is 88.9 Å². The molecule has 3 rings (SSSR count). The van der Waals surface area contributed by atoms with E-state index in [0.717, 1.165) is 0 Å². The Morgan fingerprint density at radius 2 is 2.08 bits per heavy atom. The number of carbonyl (C=O) groups excluding carboxylic acids is 1. The molecule has 2 aliphatic rings. The molecule has 3 heterocycles. The molecule has 0 unspecified atom stereocenters. The van der Waals surface area contributed by atoms with Crippen LogP contribution in [0, 0.1) is 5.92 Å². The van der Waals surface area contributed by atoms with Gasteiger partial charge in [-0.2, -0.15) is 4.31 Å². The molecule has 1 aromatic rings. The lowest BCUT2D eigenvalue weighted by Crippen LogP contribution is -2.38. The molecule has 0 bridgehead atoms. The molecule has 2 saturated heterocycles. The highest BCUT2D eigenvalue weighted by Crippen LogP contribution is 2.24. The van der Waals surface area contributed by atoms with Crippen LogP contribution in [0.3, 0.4) is 0 Å². The van der Waals surface area contributed by atoms with E-state index in [2.05, 4.69) is 0 Å². The summed E-state index contributed by atoms with van der Waals surface area (Å²) in [6.07, 6.45) is 2.61. The Balaban J connectivity index is 1.67. The lowest BCUT2D eigenvalue weighted by atomic mass is 10.1. The maximum absolute atomic E-state index is 12.5. The fraction of sp³-hybridized carbons (Fsp3) is 0.600. The molecule has 0 N–H and O–H groups in total. The number of ether oxygens (including phenoxy) is 1. The normalized spacial score (nSPS) is 25.3. The van der Waals surface area contributed by atoms with Crippen molar-refractivity contribution in [2.75, 3.05) is 39.0 Å². The van der Waals surface area contributed by atoms with E-state index in [4.69, 9.17) is 4.74 Å². The number of carbonyl (C=O) groups is 1. The van der Waals surface area contributed by atoms with Gasteiger partial charge in [-0.15, -0.1) is 0 Å². The number of hydrogen-bond acceptors (Lipinski definition) is 5. The minimum absolute atomic E-state index is 0.0189. The highest BCUT2D eigenvalue weighted by molar-refractivity contribution is 7.88. The van der Waals surface area contributed by atoms with Crippen molar-refractivity contribution in [1.82, 2.24) is 13.8 Å². The highest BCUT2D eigenvalue weighted by Gasteiger charge is 2.40. The van der Waals surface area contributed by atoms with Crippen molar-refractivity contribution in [1.29, 1.82) is 0 Å². The predicted molar refractivity (Wildman–Crippen MR) is 86.9 cm³/mol. The van der Waals surface area contributed by atoms with Gasteiger partial charge in [0.25, 0.3) is 5.56 Å². The summed E-state index contributed by atoms with van der Waals surface area (Å²) in [5.74, 6) is -0.204. The van der Waals surface area contributed by atoms with Crippen molar-refractivity contribution < 1.29 is 17.9 Å². The molecule has 0 spiro atoms. The number of fused-ring (bicyclic) bond motifs is 1. The predicted octanol–water partition coefficient (Wildman–Crippen LogP) is -1.03. The van der Waals surface area contributed by atoms with Crippen molar-refractivity contribution in [2.45, 2.75) is 12.6 Å². The van der Waals surface area contributed by atoms with Gasteiger partial charge >= 0.3 is 0 Å². The van der Waals surface area contributed by atoms with Gasteiger partial charge in [0, 0.05) is 44.4 Å². The minimum atomic E-state index is -3.28. The summed E-state index contributed by atoms with van der Waals surface area (Å²) in [6, 6.07) is 4.74. The van der Waals surface area contributed by atoms with Crippen LogP contribution < -0.4 is 5.56 Å². The summed E-state index contributed by atoms with van der Waals surface area (Å²) in [5, 5.41) is 0. The maximum atomic E-state index is 12.5. The van der Waals surface area contributed by atoms with E-state index < -0.39 is 10.0 Å². The van der Waals surface area contributed by atoms with Gasteiger partial charge in [0.15, 0.2) is 0 Å². The maximum Gasteiger partial charge on any atom is 0.250 e.